The Hall–Kier alpha value is -2.43. The maximum Gasteiger partial charge on any atom is 0.153 e. The van der Waals surface area contributed by atoms with Gasteiger partial charge in [-0.05, 0) is 49.6 Å². The summed E-state index contributed by atoms with van der Waals surface area (Å²) >= 11 is 0. The lowest BCUT2D eigenvalue weighted by atomic mass is 10.0. The number of rotatable bonds is 2. The maximum absolute atomic E-state index is 13.5. The summed E-state index contributed by atoms with van der Waals surface area (Å²) in [5.41, 5.74) is 2.88. The van der Waals surface area contributed by atoms with E-state index in [-0.39, 0.29) is 11.9 Å². The van der Waals surface area contributed by atoms with Gasteiger partial charge in [0.15, 0.2) is 5.65 Å². The average molecular weight is 296 g/mol. The molecule has 0 radical (unpaired) electrons. The summed E-state index contributed by atoms with van der Waals surface area (Å²) < 4.78 is 15.4. The lowest BCUT2D eigenvalue weighted by Crippen LogP contribution is -2.24. The van der Waals surface area contributed by atoms with Crippen molar-refractivity contribution >= 4 is 11.5 Å². The topological polar surface area (TPSA) is 33.4 Å². The molecule has 1 aliphatic heterocycles. The van der Waals surface area contributed by atoms with Crippen LogP contribution in [0.4, 0.5) is 10.2 Å². The van der Waals surface area contributed by atoms with Crippen LogP contribution in [0, 0.1) is 12.7 Å². The fraction of sp³-hybridized carbons (Fsp3) is 0.294. The number of hydrogen-bond acceptors (Lipinski definition) is 3. The van der Waals surface area contributed by atoms with E-state index in [4.69, 9.17) is 5.10 Å². The molecule has 0 saturated carbocycles. The first-order valence-corrected chi connectivity index (χ1v) is 7.56. The van der Waals surface area contributed by atoms with Crippen molar-refractivity contribution in [3.05, 3.63) is 59.7 Å². The summed E-state index contributed by atoms with van der Waals surface area (Å²) in [7, 11) is 0. The molecule has 4 rings (SSSR count). The number of aryl methyl sites for hydroxylation is 1. The molecule has 0 N–H and O–H groups in total. The first-order valence-electron chi connectivity index (χ1n) is 7.56. The molecule has 2 aromatic heterocycles. The molecule has 3 heterocycles. The second-order valence-corrected chi connectivity index (χ2v) is 5.77. The molecular formula is C17H17FN4. The Bertz CT molecular complexity index is 826. The fourth-order valence-corrected chi connectivity index (χ4v) is 3.23. The molecule has 112 valence electrons. The van der Waals surface area contributed by atoms with Crippen molar-refractivity contribution in [2.24, 2.45) is 0 Å². The zero-order chi connectivity index (χ0) is 15.1. The van der Waals surface area contributed by atoms with Crippen LogP contribution in [-0.2, 0) is 0 Å². The quantitative estimate of drug-likeness (QED) is 0.725. The SMILES string of the molecule is Cc1cnc2ccc(N3CCC[C@@H]3c3cccc(F)c3)nn12. The first-order chi connectivity index (χ1) is 10.7. The Kier molecular flexibility index (Phi) is 3.06. The molecule has 1 aliphatic rings. The summed E-state index contributed by atoms with van der Waals surface area (Å²) in [5, 5.41) is 4.70. The van der Waals surface area contributed by atoms with E-state index in [9.17, 15) is 4.39 Å². The van der Waals surface area contributed by atoms with E-state index in [1.54, 1.807) is 12.1 Å². The molecule has 0 aliphatic carbocycles. The number of anilines is 1. The molecule has 0 amide bonds. The van der Waals surface area contributed by atoms with Crippen LogP contribution in [0.15, 0.2) is 42.6 Å². The Morgan fingerprint density at radius 1 is 1.23 bits per heavy atom. The normalized spacial score (nSPS) is 18.3. The second kappa shape index (κ2) is 5.09. The second-order valence-electron chi connectivity index (χ2n) is 5.77. The van der Waals surface area contributed by atoms with E-state index in [0.717, 1.165) is 42.1 Å². The number of imidazole rings is 1. The van der Waals surface area contributed by atoms with Gasteiger partial charge >= 0.3 is 0 Å². The van der Waals surface area contributed by atoms with Crippen LogP contribution in [0.1, 0.15) is 30.1 Å². The minimum absolute atomic E-state index is 0.182. The Balaban J connectivity index is 1.74. The predicted molar refractivity (Wildman–Crippen MR) is 83.4 cm³/mol. The van der Waals surface area contributed by atoms with Gasteiger partial charge in [-0.25, -0.2) is 13.9 Å². The third kappa shape index (κ3) is 2.13. The van der Waals surface area contributed by atoms with Gasteiger partial charge in [0, 0.05) is 6.54 Å². The maximum atomic E-state index is 13.5. The van der Waals surface area contributed by atoms with Crippen LogP contribution < -0.4 is 4.90 Å². The lowest BCUT2D eigenvalue weighted by Gasteiger charge is -2.26. The standard InChI is InChI=1S/C17H17FN4/c1-12-11-19-16-7-8-17(20-22(12)16)21-9-3-6-15(21)13-4-2-5-14(18)10-13/h2,4-5,7-8,10-11,15H,3,6,9H2,1H3/t15-/m1/s1. The summed E-state index contributed by atoms with van der Waals surface area (Å²) in [5.74, 6) is 0.735. The molecule has 1 saturated heterocycles. The van der Waals surface area contributed by atoms with Crippen LogP contribution >= 0.6 is 0 Å². The number of fused-ring (bicyclic) bond motifs is 1. The van der Waals surface area contributed by atoms with E-state index in [2.05, 4.69) is 9.88 Å². The third-order valence-corrected chi connectivity index (χ3v) is 4.30. The first kappa shape index (κ1) is 13.2. The molecule has 0 spiro atoms. The monoisotopic (exact) mass is 296 g/mol. The molecule has 4 nitrogen and oxygen atoms in total. The largest absolute Gasteiger partial charge is 0.348 e. The van der Waals surface area contributed by atoms with Crippen molar-refractivity contribution in [2.75, 3.05) is 11.4 Å². The Morgan fingerprint density at radius 2 is 2.14 bits per heavy atom. The van der Waals surface area contributed by atoms with Gasteiger partial charge in [0.25, 0.3) is 0 Å². The summed E-state index contributed by atoms with van der Waals surface area (Å²) in [6, 6.07) is 11.1. The van der Waals surface area contributed by atoms with Crippen molar-refractivity contribution in [2.45, 2.75) is 25.8 Å². The summed E-state index contributed by atoms with van der Waals surface area (Å²) in [4.78, 5) is 6.56. The highest BCUT2D eigenvalue weighted by atomic mass is 19.1. The Morgan fingerprint density at radius 3 is 3.00 bits per heavy atom. The van der Waals surface area contributed by atoms with E-state index in [1.807, 2.05) is 35.8 Å². The Labute approximate surface area is 128 Å². The van der Waals surface area contributed by atoms with Crippen molar-refractivity contribution < 1.29 is 4.39 Å². The highest BCUT2D eigenvalue weighted by Crippen LogP contribution is 2.35. The minimum Gasteiger partial charge on any atom is -0.348 e. The highest BCUT2D eigenvalue weighted by molar-refractivity contribution is 5.49. The van der Waals surface area contributed by atoms with Crippen molar-refractivity contribution in [3.8, 4) is 0 Å². The zero-order valence-electron chi connectivity index (χ0n) is 12.4. The summed E-state index contributed by atoms with van der Waals surface area (Å²) in [6.07, 6.45) is 3.93. The van der Waals surface area contributed by atoms with Crippen molar-refractivity contribution in [3.63, 3.8) is 0 Å². The van der Waals surface area contributed by atoms with Gasteiger partial charge in [0.1, 0.15) is 11.6 Å². The van der Waals surface area contributed by atoms with E-state index >= 15 is 0 Å². The van der Waals surface area contributed by atoms with Crippen LogP contribution in [-0.4, -0.2) is 21.1 Å². The average Bonchev–Trinajstić information content (AvgIpc) is 3.14. The molecule has 3 aromatic rings. The number of aromatic nitrogens is 3. The van der Waals surface area contributed by atoms with Crippen LogP contribution in [0.5, 0.6) is 0 Å². The number of benzene rings is 1. The number of hydrogen-bond donors (Lipinski definition) is 0. The van der Waals surface area contributed by atoms with E-state index in [1.165, 1.54) is 6.07 Å². The van der Waals surface area contributed by atoms with Crippen LogP contribution in [0.3, 0.4) is 0 Å². The molecule has 0 bridgehead atoms. The molecule has 1 atom stereocenters. The van der Waals surface area contributed by atoms with Crippen molar-refractivity contribution in [1.82, 2.24) is 14.6 Å². The van der Waals surface area contributed by atoms with Gasteiger partial charge in [-0.2, -0.15) is 0 Å². The smallest absolute Gasteiger partial charge is 0.153 e. The highest BCUT2D eigenvalue weighted by Gasteiger charge is 2.27. The third-order valence-electron chi connectivity index (χ3n) is 4.30. The molecule has 1 aromatic carbocycles. The van der Waals surface area contributed by atoms with Gasteiger partial charge in [-0.15, -0.1) is 5.10 Å². The molecule has 0 unspecified atom stereocenters. The van der Waals surface area contributed by atoms with Crippen LogP contribution in [0.2, 0.25) is 0 Å². The van der Waals surface area contributed by atoms with Gasteiger partial charge in [0.2, 0.25) is 0 Å². The molecule has 5 heteroatoms. The number of nitrogens with zero attached hydrogens (tertiary/aromatic N) is 4. The van der Waals surface area contributed by atoms with Crippen LogP contribution in [0.25, 0.3) is 5.65 Å². The fourth-order valence-electron chi connectivity index (χ4n) is 3.23. The predicted octanol–water partition coefficient (Wildman–Crippen LogP) is 3.52. The minimum atomic E-state index is -0.182. The van der Waals surface area contributed by atoms with E-state index < -0.39 is 0 Å². The van der Waals surface area contributed by atoms with Gasteiger partial charge in [-0.1, -0.05) is 12.1 Å². The number of halogens is 1. The molecule has 22 heavy (non-hydrogen) atoms. The van der Waals surface area contributed by atoms with E-state index in [0.29, 0.717) is 0 Å². The zero-order valence-corrected chi connectivity index (χ0v) is 12.4. The van der Waals surface area contributed by atoms with Gasteiger partial charge < -0.3 is 4.90 Å². The van der Waals surface area contributed by atoms with Crippen molar-refractivity contribution in [1.29, 1.82) is 0 Å². The lowest BCUT2D eigenvalue weighted by molar-refractivity contribution is 0.617. The van der Waals surface area contributed by atoms with Gasteiger partial charge in [-0.3, -0.25) is 0 Å². The molecule has 1 fully saturated rings. The molecular weight excluding hydrogens is 279 g/mol. The van der Waals surface area contributed by atoms with Gasteiger partial charge in [0.05, 0.1) is 17.9 Å². The summed E-state index contributed by atoms with van der Waals surface area (Å²) in [6.45, 7) is 2.93.